The Bertz CT molecular complexity index is 439. The lowest BCUT2D eigenvalue weighted by Gasteiger charge is -2.26. The summed E-state index contributed by atoms with van der Waals surface area (Å²) in [6.45, 7) is 9.47. The van der Waals surface area contributed by atoms with E-state index in [1.54, 1.807) is 0 Å². The predicted molar refractivity (Wildman–Crippen MR) is 84.7 cm³/mol. The summed E-state index contributed by atoms with van der Waals surface area (Å²) >= 11 is 0. The number of nitrogens with zero attached hydrogens (tertiary/aromatic N) is 1. The molecule has 4 heteroatoms. The second kappa shape index (κ2) is 8.15. The Morgan fingerprint density at radius 3 is 2.57 bits per heavy atom. The van der Waals surface area contributed by atoms with Gasteiger partial charge in [0.05, 0.1) is 13.2 Å². The number of benzene rings is 1. The molecule has 0 radical (unpaired) electrons. The van der Waals surface area contributed by atoms with Crippen molar-refractivity contribution in [1.29, 1.82) is 0 Å². The molecule has 1 saturated heterocycles. The van der Waals surface area contributed by atoms with Gasteiger partial charge in [-0.3, -0.25) is 9.69 Å². The summed E-state index contributed by atoms with van der Waals surface area (Å²) < 4.78 is 5.31. The third-order valence-corrected chi connectivity index (χ3v) is 4.17. The van der Waals surface area contributed by atoms with Crippen molar-refractivity contribution in [1.82, 2.24) is 10.2 Å². The smallest absolute Gasteiger partial charge is 0.251 e. The summed E-state index contributed by atoms with van der Waals surface area (Å²) in [5.74, 6) is 0.558. The van der Waals surface area contributed by atoms with Crippen molar-refractivity contribution in [2.24, 2.45) is 0 Å². The molecule has 1 unspecified atom stereocenters. The lowest BCUT2D eigenvalue weighted by atomic mass is 9.97. The van der Waals surface area contributed by atoms with Crippen molar-refractivity contribution < 1.29 is 9.53 Å². The van der Waals surface area contributed by atoms with Gasteiger partial charge in [-0.05, 0) is 30.0 Å². The SMILES string of the molecule is CCC(C)c1ccc(C(=O)NCCN2CCOCC2)cc1. The van der Waals surface area contributed by atoms with E-state index in [9.17, 15) is 4.79 Å². The minimum atomic E-state index is 0.0129. The summed E-state index contributed by atoms with van der Waals surface area (Å²) in [6, 6.07) is 7.97. The van der Waals surface area contributed by atoms with E-state index in [-0.39, 0.29) is 5.91 Å². The molecule has 1 fully saturated rings. The first-order valence-electron chi connectivity index (χ1n) is 7.89. The summed E-state index contributed by atoms with van der Waals surface area (Å²) in [5.41, 5.74) is 2.03. The van der Waals surface area contributed by atoms with E-state index in [4.69, 9.17) is 4.74 Å². The molecule has 116 valence electrons. The minimum Gasteiger partial charge on any atom is -0.379 e. The number of rotatable bonds is 6. The Labute approximate surface area is 127 Å². The van der Waals surface area contributed by atoms with Crippen molar-refractivity contribution in [2.45, 2.75) is 26.2 Å². The van der Waals surface area contributed by atoms with Gasteiger partial charge >= 0.3 is 0 Å². The van der Waals surface area contributed by atoms with Crippen molar-refractivity contribution in [2.75, 3.05) is 39.4 Å². The molecule has 0 aliphatic carbocycles. The van der Waals surface area contributed by atoms with Crippen molar-refractivity contribution in [3.05, 3.63) is 35.4 Å². The van der Waals surface area contributed by atoms with Gasteiger partial charge in [-0.1, -0.05) is 26.0 Å². The van der Waals surface area contributed by atoms with E-state index in [0.717, 1.165) is 44.8 Å². The average Bonchev–Trinajstić information content (AvgIpc) is 2.55. The zero-order valence-corrected chi connectivity index (χ0v) is 13.1. The van der Waals surface area contributed by atoms with Crippen LogP contribution in [0.2, 0.25) is 0 Å². The first-order valence-corrected chi connectivity index (χ1v) is 7.89. The van der Waals surface area contributed by atoms with Gasteiger partial charge in [-0.2, -0.15) is 0 Å². The fourth-order valence-electron chi connectivity index (χ4n) is 2.45. The Balaban J connectivity index is 1.77. The number of amides is 1. The maximum atomic E-state index is 12.1. The number of carbonyl (C=O) groups is 1. The van der Waals surface area contributed by atoms with Gasteiger partial charge in [-0.15, -0.1) is 0 Å². The number of hydrogen-bond acceptors (Lipinski definition) is 3. The highest BCUT2D eigenvalue weighted by Gasteiger charge is 2.11. The van der Waals surface area contributed by atoms with Gasteiger partial charge in [0.2, 0.25) is 0 Å². The van der Waals surface area contributed by atoms with E-state index in [0.29, 0.717) is 12.5 Å². The minimum absolute atomic E-state index is 0.0129. The highest BCUT2D eigenvalue weighted by molar-refractivity contribution is 5.94. The molecule has 1 N–H and O–H groups in total. The Morgan fingerprint density at radius 2 is 1.95 bits per heavy atom. The normalized spacial score (nSPS) is 17.4. The van der Waals surface area contributed by atoms with Crippen molar-refractivity contribution in [3.63, 3.8) is 0 Å². The molecule has 0 aromatic heterocycles. The number of ether oxygens (including phenoxy) is 1. The summed E-state index contributed by atoms with van der Waals surface area (Å²) in [4.78, 5) is 14.4. The first-order chi connectivity index (χ1) is 10.2. The molecule has 1 aliphatic heterocycles. The molecule has 1 atom stereocenters. The second-order valence-corrected chi connectivity index (χ2v) is 5.64. The lowest BCUT2D eigenvalue weighted by Crippen LogP contribution is -2.41. The second-order valence-electron chi connectivity index (χ2n) is 5.64. The first kappa shape index (κ1) is 16.0. The van der Waals surface area contributed by atoms with Crippen LogP contribution in [0, 0.1) is 0 Å². The van der Waals surface area contributed by atoms with Crippen LogP contribution in [0.3, 0.4) is 0 Å². The van der Waals surface area contributed by atoms with Crippen LogP contribution < -0.4 is 5.32 Å². The number of nitrogens with one attached hydrogen (secondary N) is 1. The van der Waals surface area contributed by atoms with Gasteiger partial charge < -0.3 is 10.1 Å². The fraction of sp³-hybridized carbons (Fsp3) is 0.588. The molecule has 0 spiro atoms. The van der Waals surface area contributed by atoms with Gasteiger partial charge in [-0.25, -0.2) is 0 Å². The van der Waals surface area contributed by atoms with Gasteiger partial charge in [0, 0.05) is 31.7 Å². The van der Waals surface area contributed by atoms with Gasteiger partial charge in [0.25, 0.3) is 5.91 Å². The van der Waals surface area contributed by atoms with Crippen LogP contribution in [0.15, 0.2) is 24.3 Å². The standard InChI is InChI=1S/C17H26N2O2/c1-3-14(2)15-4-6-16(7-5-15)17(20)18-8-9-19-10-12-21-13-11-19/h4-7,14H,3,8-13H2,1-2H3,(H,18,20). The van der Waals surface area contributed by atoms with Crippen LogP contribution in [-0.2, 0) is 4.74 Å². The fourth-order valence-corrected chi connectivity index (χ4v) is 2.45. The number of carbonyl (C=O) groups excluding carboxylic acids is 1. The third kappa shape index (κ3) is 4.83. The molecule has 0 saturated carbocycles. The molecule has 4 nitrogen and oxygen atoms in total. The Morgan fingerprint density at radius 1 is 1.29 bits per heavy atom. The average molecular weight is 290 g/mol. The Hall–Kier alpha value is -1.39. The number of morpholine rings is 1. The van der Waals surface area contributed by atoms with Crippen LogP contribution in [0.5, 0.6) is 0 Å². The molecule has 1 aromatic carbocycles. The van der Waals surface area contributed by atoms with Crippen LogP contribution in [0.1, 0.15) is 42.1 Å². The highest BCUT2D eigenvalue weighted by atomic mass is 16.5. The molecule has 0 bridgehead atoms. The molecule has 1 heterocycles. The topological polar surface area (TPSA) is 41.6 Å². The lowest BCUT2D eigenvalue weighted by molar-refractivity contribution is 0.0383. The van der Waals surface area contributed by atoms with E-state index in [1.807, 2.05) is 12.1 Å². The highest BCUT2D eigenvalue weighted by Crippen LogP contribution is 2.18. The van der Waals surface area contributed by atoms with Gasteiger partial charge in [0.15, 0.2) is 0 Å². The van der Waals surface area contributed by atoms with E-state index < -0.39 is 0 Å². The quantitative estimate of drug-likeness (QED) is 0.874. The summed E-state index contributed by atoms with van der Waals surface area (Å²) in [6.07, 6.45) is 1.12. The molecule has 1 aliphatic rings. The molecular weight excluding hydrogens is 264 g/mol. The molecule has 21 heavy (non-hydrogen) atoms. The van der Waals surface area contributed by atoms with Crippen molar-refractivity contribution in [3.8, 4) is 0 Å². The van der Waals surface area contributed by atoms with Crippen LogP contribution in [0.4, 0.5) is 0 Å². The van der Waals surface area contributed by atoms with E-state index in [1.165, 1.54) is 5.56 Å². The summed E-state index contributed by atoms with van der Waals surface area (Å²) in [5, 5.41) is 2.99. The maximum Gasteiger partial charge on any atom is 0.251 e. The van der Waals surface area contributed by atoms with E-state index >= 15 is 0 Å². The largest absolute Gasteiger partial charge is 0.379 e. The number of hydrogen-bond donors (Lipinski definition) is 1. The predicted octanol–water partition coefficient (Wildman–Crippen LogP) is 2.26. The third-order valence-electron chi connectivity index (χ3n) is 4.17. The van der Waals surface area contributed by atoms with Crippen LogP contribution in [0.25, 0.3) is 0 Å². The van der Waals surface area contributed by atoms with Crippen LogP contribution in [-0.4, -0.2) is 50.2 Å². The molecule has 1 amide bonds. The van der Waals surface area contributed by atoms with E-state index in [2.05, 4.69) is 36.2 Å². The van der Waals surface area contributed by atoms with Crippen molar-refractivity contribution >= 4 is 5.91 Å². The zero-order valence-electron chi connectivity index (χ0n) is 13.1. The monoisotopic (exact) mass is 290 g/mol. The molecule has 1 aromatic rings. The Kier molecular flexibility index (Phi) is 6.21. The van der Waals surface area contributed by atoms with Gasteiger partial charge in [0.1, 0.15) is 0 Å². The molecular formula is C17H26N2O2. The molecule has 2 rings (SSSR count). The van der Waals surface area contributed by atoms with Crippen LogP contribution >= 0.6 is 0 Å². The summed E-state index contributed by atoms with van der Waals surface area (Å²) in [7, 11) is 0. The maximum absolute atomic E-state index is 12.1. The zero-order chi connectivity index (χ0) is 15.1.